The van der Waals surface area contributed by atoms with Crippen LogP contribution < -0.4 is 0 Å². The fourth-order valence-corrected chi connectivity index (χ4v) is 2.58. The summed E-state index contributed by atoms with van der Waals surface area (Å²) in [7, 11) is 0. The van der Waals surface area contributed by atoms with Gasteiger partial charge in [-0.15, -0.1) is 0 Å². The minimum atomic E-state index is -0.297. The molecule has 0 radical (unpaired) electrons. The number of hydrogen-bond donors (Lipinski definition) is 1. The van der Waals surface area contributed by atoms with Crippen molar-refractivity contribution < 1.29 is 14.6 Å². The van der Waals surface area contributed by atoms with Crippen molar-refractivity contribution in [3.05, 3.63) is 48.0 Å². The van der Waals surface area contributed by atoms with Crippen molar-refractivity contribution in [1.29, 1.82) is 0 Å². The van der Waals surface area contributed by atoms with Gasteiger partial charge in [0, 0.05) is 19.0 Å². The van der Waals surface area contributed by atoms with Crippen LogP contribution in [0, 0.1) is 11.8 Å². The zero-order valence-corrected chi connectivity index (χ0v) is 11.8. The van der Waals surface area contributed by atoms with Crippen molar-refractivity contribution in [2.75, 3.05) is 19.7 Å². The highest BCUT2D eigenvalue weighted by atomic mass is 16.6. The van der Waals surface area contributed by atoms with E-state index in [0.717, 1.165) is 11.1 Å². The van der Waals surface area contributed by atoms with E-state index >= 15 is 0 Å². The average molecular weight is 275 g/mol. The molecule has 1 fully saturated rings. The molecule has 1 aliphatic rings. The van der Waals surface area contributed by atoms with E-state index in [-0.39, 0.29) is 25.2 Å². The number of benzene rings is 1. The maximum Gasteiger partial charge on any atom is 0.410 e. The van der Waals surface area contributed by atoms with Gasteiger partial charge in [0.1, 0.15) is 6.61 Å². The van der Waals surface area contributed by atoms with Gasteiger partial charge in [-0.3, -0.25) is 0 Å². The van der Waals surface area contributed by atoms with Gasteiger partial charge in [-0.25, -0.2) is 4.79 Å². The summed E-state index contributed by atoms with van der Waals surface area (Å²) < 4.78 is 5.32. The second kappa shape index (κ2) is 6.57. The molecule has 4 heteroatoms. The third kappa shape index (κ3) is 3.39. The highest BCUT2D eigenvalue weighted by Crippen LogP contribution is 2.28. The summed E-state index contributed by atoms with van der Waals surface area (Å²) in [6.45, 7) is 7.42. The van der Waals surface area contributed by atoms with E-state index in [1.165, 1.54) is 0 Å². The maximum absolute atomic E-state index is 12.0. The summed E-state index contributed by atoms with van der Waals surface area (Å²) in [5.74, 6) is 0.461. The zero-order chi connectivity index (χ0) is 14.5. The van der Waals surface area contributed by atoms with Crippen molar-refractivity contribution in [3.8, 4) is 0 Å². The number of rotatable bonds is 4. The minimum absolute atomic E-state index is 0.0259. The summed E-state index contributed by atoms with van der Waals surface area (Å²) in [5.41, 5.74) is 1.76. The lowest BCUT2D eigenvalue weighted by Crippen LogP contribution is -2.29. The highest BCUT2D eigenvalue weighted by molar-refractivity contribution is 5.68. The van der Waals surface area contributed by atoms with Gasteiger partial charge in [0.15, 0.2) is 0 Å². The van der Waals surface area contributed by atoms with Crippen LogP contribution in [-0.2, 0) is 11.3 Å². The molecular weight excluding hydrogens is 254 g/mol. The van der Waals surface area contributed by atoms with Gasteiger partial charge in [0.2, 0.25) is 0 Å². The highest BCUT2D eigenvalue weighted by Gasteiger charge is 2.34. The van der Waals surface area contributed by atoms with Gasteiger partial charge in [0.25, 0.3) is 0 Å². The van der Waals surface area contributed by atoms with Crippen molar-refractivity contribution in [3.63, 3.8) is 0 Å². The van der Waals surface area contributed by atoms with Gasteiger partial charge in [-0.05, 0) is 17.1 Å². The predicted octanol–water partition coefficient (Wildman–Crippen LogP) is 2.44. The molecule has 1 heterocycles. The van der Waals surface area contributed by atoms with Crippen LogP contribution in [0.2, 0.25) is 0 Å². The lowest BCUT2D eigenvalue weighted by atomic mass is 9.91. The van der Waals surface area contributed by atoms with Crippen LogP contribution in [-0.4, -0.2) is 35.8 Å². The molecule has 0 spiro atoms. The summed E-state index contributed by atoms with van der Waals surface area (Å²) in [6.07, 6.45) is -0.297. The molecule has 0 saturated carbocycles. The smallest absolute Gasteiger partial charge is 0.410 e. The quantitative estimate of drug-likeness (QED) is 0.859. The second-order valence-corrected chi connectivity index (χ2v) is 5.35. The standard InChI is InChI=1S/C16H21NO3/c1-12-8-17(9-15(12)13(2)10-18)16(19)20-11-14-6-4-3-5-7-14/h3-7,12,15,18H,2,8-11H2,1H3/t12-,15-/m1/s1. The molecule has 108 valence electrons. The zero-order valence-electron chi connectivity index (χ0n) is 11.8. The van der Waals surface area contributed by atoms with Crippen LogP contribution in [0.15, 0.2) is 42.5 Å². The third-order valence-electron chi connectivity index (χ3n) is 3.80. The third-order valence-corrected chi connectivity index (χ3v) is 3.80. The monoisotopic (exact) mass is 275 g/mol. The molecule has 1 aromatic carbocycles. The van der Waals surface area contributed by atoms with Crippen LogP contribution in [0.4, 0.5) is 4.79 Å². The Morgan fingerprint density at radius 3 is 2.75 bits per heavy atom. The van der Waals surface area contributed by atoms with Crippen LogP contribution >= 0.6 is 0 Å². The van der Waals surface area contributed by atoms with Gasteiger partial charge in [0.05, 0.1) is 6.61 Å². The lowest BCUT2D eigenvalue weighted by molar-refractivity contribution is 0.103. The van der Waals surface area contributed by atoms with Crippen LogP contribution in [0.1, 0.15) is 12.5 Å². The van der Waals surface area contributed by atoms with Gasteiger partial charge < -0.3 is 14.7 Å². The Morgan fingerprint density at radius 2 is 2.10 bits per heavy atom. The molecule has 4 nitrogen and oxygen atoms in total. The number of aliphatic hydroxyl groups excluding tert-OH is 1. The number of likely N-dealkylation sites (tertiary alicyclic amines) is 1. The molecule has 2 rings (SSSR count). The number of amides is 1. The largest absolute Gasteiger partial charge is 0.445 e. The number of ether oxygens (including phenoxy) is 1. The first-order chi connectivity index (χ1) is 9.61. The molecule has 0 bridgehead atoms. The van der Waals surface area contributed by atoms with E-state index in [1.54, 1.807) is 4.90 Å². The first-order valence-corrected chi connectivity index (χ1v) is 6.86. The number of carbonyl (C=O) groups excluding carboxylic acids is 1. The Bertz CT molecular complexity index is 472. The van der Waals surface area contributed by atoms with E-state index in [2.05, 4.69) is 13.5 Å². The Labute approximate surface area is 119 Å². The summed E-state index contributed by atoms with van der Waals surface area (Å²) >= 11 is 0. The predicted molar refractivity (Wildman–Crippen MR) is 77.1 cm³/mol. The molecule has 1 aromatic rings. The Hall–Kier alpha value is -1.81. The number of hydrogen-bond acceptors (Lipinski definition) is 3. The molecule has 20 heavy (non-hydrogen) atoms. The number of nitrogens with zero attached hydrogens (tertiary/aromatic N) is 1. The van der Waals surface area contributed by atoms with Crippen molar-refractivity contribution in [1.82, 2.24) is 4.90 Å². The second-order valence-electron chi connectivity index (χ2n) is 5.35. The average Bonchev–Trinajstić information content (AvgIpc) is 2.87. The SMILES string of the molecule is C=C(CO)[C@@H]1CN(C(=O)OCc2ccccc2)C[C@H]1C. The van der Waals surface area contributed by atoms with Gasteiger partial charge >= 0.3 is 6.09 Å². The van der Waals surface area contributed by atoms with E-state index in [1.807, 2.05) is 30.3 Å². The Morgan fingerprint density at radius 1 is 1.40 bits per heavy atom. The number of aliphatic hydroxyl groups is 1. The first-order valence-electron chi connectivity index (χ1n) is 6.86. The van der Waals surface area contributed by atoms with E-state index < -0.39 is 0 Å². The maximum atomic E-state index is 12.0. The topological polar surface area (TPSA) is 49.8 Å². The summed E-state index contributed by atoms with van der Waals surface area (Å²) in [5, 5.41) is 9.16. The van der Waals surface area contributed by atoms with Crippen LogP contribution in [0.3, 0.4) is 0 Å². The van der Waals surface area contributed by atoms with Crippen LogP contribution in [0.25, 0.3) is 0 Å². The first kappa shape index (κ1) is 14.6. The van der Waals surface area contributed by atoms with E-state index in [4.69, 9.17) is 9.84 Å². The van der Waals surface area contributed by atoms with Crippen LogP contribution in [0.5, 0.6) is 0 Å². The molecule has 0 aliphatic carbocycles. The fourth-order valence-electron chi connectivity index (χ4n) is 2.58. The van der Waals surface area contributed by atoms with Crippen molar-refractivity contribution in [2.24, 2.45) is 11.8 Å². The molecule has 2 atom stereocenters. The Kier molecular flexibility index (Phi) is 4.79. The molecule has 0 unspecified atom stereocenters. The Balaban J connectivity index is 1.86. The summed E-state index contributed by atoms with van der Waals surface area (Å²) in [4.78, 5) is 13.7. The minimum Gasteiger partial charge on any atom is -0.445 e. The fraction of sp³-hybridized carbons (Fsp3) is 0.438. The molecule has 1 amide bonds. The van der Waals surface area contributed by atoms with E-state index in [9.17, 15) is 4.79 Å². The van der Waals surface area contributed by atoms with Gasteiger partial charge in [-0.1, -0.05) is 43.8 Å². The van der Waals surface area contributed by atoms with E-state index in [0.29, 0.717) is 19.0 Å². The normalized spacial score (nSPS) is 21.8. The molecule has 1 aliphatic heterocycles. The summed E-state index contributed by atoms with van der Waals surface area (Å²) in [6, 6.07) is 9.62. The molecule has 1 saturated heterocycles. The van der Waals surface area contributed by atoms with Gasteiger partial charge in [-0.2, -0.15) is 0 Å². The van der Waals surface area contributed by atoms with Crippen molar-refractivity contribution >= 4 is 6.09 Å². The molecule has 0 aromatic heterocycles. The molecule has 1 N–H and O–H groups in total. The lowest BCUT2D eigenvalue weighted by Gasteiger charge is -2.17. The van der Waals surface area contributed by atoms with Crippen molar-refractivity contribution in [2.45, 2.75) is 13.5 Å². The number of carbonyl (C=O) groups is 1. The molecular formula is C16H21NO3.